The number of halogens is 1. The van der Waals surface area contributed by atoms with E-state index in [1.807, 2.05) is 35.6 Å². The van der Waals surface area contributed by atoms with Crippen LogP contribution in [0.3, 0.4) is 0 Å². The average molecular weight is 438 g/mol. The summed E-state index contributed by atoms with van der Waals surface area (Å²) < 4.78 is 16.7. The minimum Gasteiger partial charge on any atom is -0.217 e. The van der Waals surface area contributed by atoms with Gasteiger partial charge in [0, 0.05) is 22.6 Å². The van der Waals surface area contributed by atoms with E-state index in [9.17, 15) is 4.39 Å². The second kappa shape index (κ2) is 8.74. The van der Waals surface area contributed by atoms with Crippen molar-refractivity contribution in [1.82, 2.24) is 14.8 Å². The fourth-order valence-corrected chi connectivity index (χ4v) is 5.71. The third-order valence-corrected chi connectivity index (χ3v) is 7.05. The van der Waals surface area contributed by atoms with E-state index in [-0.39, 0.29) is 5.82 Å². The van der Waals surface area contributed by atoms with Crippen molar-refractivity contribution in [2.45, 2.75) is 43.6 Å². The summed E-state index contributed by atoms with van der Waals surface area (Å²) in [5.74, 6) is -0.248. The Kier molecular flexibility index (Phi) is 6.06. The summed E-state index contributed by atoms with van der Waals surface area (Å²) >= 11 is 3.46. The molecule has 2 aromatic heterocycles. The van der Waals surface area contributed by atoms with Crippen molar-refractivity contribution in [3.8, 4) is 27.5 Å². The Morgan fingerprint density at radius 3 is 2.53 bits per heavy atom. The topological polar surface area (TPSA) is 30.7 Å². The van der Waals surface area contributed by atoms with Gasteiger partial charge in [0.15, 0.2) is 0 Å². The van der Waals surface area contributed by atoms with Gasteiger partial charge in [-0.05, 0) is 36.6 Å². The van der Waals surface area contributed by atoms with Gasteiger partial charge in [-0.15, -0.1) is 11.8 Å². The molecule has 0 radical (unpaired) electrons. The first-order chi connectivity index (χ1) is 14.4. The van der Waals surface area contributed by atoms with Gasteiger partial charge in [-0.25, -0.2) is 14.1 Å². The predicted molar refractivity (Wildman–Crippen MR) is 125 cm³/mol. The van der Waals surface area contributed by atoms with Gasteiger partial charge in [-0.2, -0.15) is 5.10 Å². The molecule has 0 atom stereocenters. The molecule has 0 N–H and O–H groups in total. The van der Waals surface area contributed by atoms with Crippen molar-refractivity contribution >= 4 is 23.1 Å². The third kappa shape index (κ3) is 4.35. The van der Waals surface area contributed by atoms with Gasteiger partial charge in [0.2, 0.25) is 5.13 Å². The number of benzene rings is 2. The summed E-state index contributed by atoms with van der Waals surface area (Å²) in [5, 5.41) is 5.95. The zero-order valence-electron chi connectivity index (χ0n) is 17.5. The van der Waals surface area contributed by atoms with Gasteiger partial charge < -0.3 is 0 Å². The van der Waals surface area contributed by atoms with Crippen LogP contribution in [-0.2, 0) is 6.42 Å². The Morgan fingerprint density at radius 1 is 1.10 bits per heavy atom. The van der Waals surface area contributed by atoms with Crippen LogP contribution in [0.25, 0.3) is 27.5 Å². The lowest BCUT2D eigenvalue weighted by Gasteiger charge is -2.05. The van der Waals surface area contributed by atoms with Crippen molar-refractivity contribution < 1.29 is 4.39 Å². The summed E-state index contributed by atoms with van der Waals surface area (Å²) in [6.45, 7) is 8.48. The molecule has 30 heavy (non-hydrogen) atoms. The zero-order chi connectivity index (χ0) is 21.3. The highest BCUT2D eigenvalue weighted by atomic mass is 32.2. The van der Waals surface area contributed by atoms with Gasteiger partial charge >= 0.3 is 0 Å². The Morgan fingerprint density at radius 2 is 1.87 bits per heavy atom. The van der Waals surface area contributed by atoms with E-state index in [0.717, 1.165) is 39.6 Å². The van der Waals surface area contributed by atoms with Crippen LogP contribution in [0.5, 0.6) is 0 Å². The van der Waals surface area contributed by atoms with E-state index in [1.165, 1.54) is 21.9 Å². The molecule has 0 unspecified atom stereocenters. The summed E-state index contributed by atoms with van der Waals surface area (Å²) in [6.07, 6.45) is 2.96. The molecule has 154 valence electrons. The van der Waals surface area contributed by atoms with Crippen LogP contribution in [0.4, 0.5) is 4.39 Å². The van der Waals surface area contributed by atoms with Crippen molar-refractivity contribution in [3.05, 3.63) is 71.8 Å². The van der Waals surface area contributed by atoms with Crippen molar-refractivity contribution in [1.29, 1.82) is 0 Å². The maximum Gasteiger partial charge on any atom is 0.211 e. The summed E-state index contributed by atoms with van der Waals surface area (Å²) in [5.41, 5.74) is 6.01. The molecule has 2 heterocycles. The second-order valence-corrected chi connectivity index (χ2v) is 10.3. The van der Waals surface area contributed by atoms with Gasteiger partial charge in [0.05, 0.1) is 15.6 Å². The van der Waals surface area contributed by atoms with E-state index in [2.05, 4.69) is 50.1 Å². The maximum absolute atomic E-state index is 13.7. The number of rotatable bonds is 6. The molecule has 4 aromatic rings. The monoisotopic (exact) mass is 437 g/mol. The summed E-state index contributed by atoms with van der Waals surface area (Å²) in [7, 11) is 0. The lowest BCUT2D eigenvalue weighted by Crippen LogP contribution is -1.94. The Hall–Kier alpha value is -2.44. The Labute approximate surface area is 185 Å². The number of thiazole rings is 1. The molecule has 0 saturated carbocycles. The van der Waals surface area contributed by atoms with Crippen molar-refractivity contribution in [2.75, 3.05) is 0 Å². The first-order valence-corrected chi connectivity index (χ1v) is 11.7. The zero-order valence-corrected chi connectivity index (χ0v) is 19.1. The van der Waals surface area contributed by atoms with E-state index in [1.54, 1.807) is 17.4 Å². The number of aryl methyl sites for hydroxylation is 2. The summed E-state index contributed by atoms with van der Waals surface area (Å²) in [4.78, 5) is 4.95. The predicted octanol–water partition coefficient (Wildman–Crippen LogP) is 7.17. The Balaban J connectivity index is 1.76. The van der Waals surface area contributed by atoms with Gasteiger partial charge in [0.25, 0.3) is 0 Å². The minimum absolute atomic E-state index is 0.248. The van der Waals surface area contributed by atoms with Crippen LogP contribution < -0.4 is 0 Å². The van der Waals surface area contributed by atoms with Crippen LogP contribution in [0, 0.1) is 12.7 Å². The molecule has 0 aliphatic rings. The number of nitrogens with zero attached hydrogens (tertiary/aromatic N) is 3. The second-order valence-electron chi connectivity index (χ2n) is 7.43. The van der Waals surface area contributed by atoms with Crippen molar-refractivity contribution in [3.63, 3.8) is 0 Å². The number of hydrogen-bond donors (Lipinski definition) is 0. The molecule has 0 aliphatic heterocycles. The Bertz CT molecular complexity index is 1160. The highest BCUT2D eigenvalue weighted by molar-refractivity contribution is 8.01. The fraction of sp³-hybridized carbons (Fsp3) is 0.250. The molecule has 0 bridgehead atoms. The first-order valence-electron chi connectivity index (χ1n) is 10.0. The lowest BCUT2D eigenvalue weighted by molar-refractivity contribution is 0.628. The molecule has 0 saturated heterocycles. The van der Waals surface area contributed by atoms with Crippen LogP contribution in [-0.4, -0.2) is 20.0 Å². The largest absolute Gasteiger partial charge is 0.217 e. The van der Waals surface area contributed by atoms with Crippen LogP contribution in [0.2, 0.25) is 0 Å². The van der Waals surface area contributed by atoms with Crippen molar-refractivity contribution in [2.24, 2.45) is 0 Å². The molecule has 6 heteroatoms. The molecule has 0 amide bonds. The van der Waals surface area contributed by atoms with E-state index < -0.39 is 0 Å². The molecule has 4 rings (SSSR count). The van der Waals surface area contributed by atoms with E-state index in [4.69, 9.17) is 4.98 Å². The molecule has 0 spiro atoms. The van der Waals surface area contributed by atoms with Gasteiger partial charge in [0.1, 0.15) is 5.82 Å². The minimum atomic E-state index is -0.248. The quantitative estimate of drug-likeness (QED) is 0.300. The smallest absolute Gasteiger partial charge is 0.211 e. The normalized spacial score (nSPS) is 11.4. The van der Waals surface area contributed by atoms with Crippen LogP contribution >= 0.6 is 23.1 Å². The highest BCUT2D eigenvalue weighted by Crippen LogP contribution is 2.40. The molecule has 2 aromatic carbocycles. The number of aromatic nitrogens is 3. The SMILES string of the molecule is CCc1ccc(-c2nc(-n3cc(-c4cccc(F)c4)c(C)n3)sc2SC(C)C)cc1. The number of hydrogen-bond acceptors (Lipinski definition) is 4. The molecular weight excluding hydrogens is 413 g/mol. The van der Waals surface area contributed by atoms with E-state index >= 15 is 0 Å². The summed E-state index contributed by atoms with van der Waals surface area (Å²) in [6, 6.07) is 15.2. The highest BCUT2D eigenvalue weighted by Gasteiger charge is 2.18. The van der Waals surface area contributed by atoms with Gasteiger partial charge in [-0.3, -0.25) is 0 Å². The molecule has 0 aliphatic carbocycles. The van der Waals surface area contributed by atoms with Crippen LogP contribution in [0.15, 0.2) is 58.9 Å². The van der Waals surface area contributed by atoms with E-state index in [0.29, 0.717) is 5.25 Å². The van der Waals surface area contributed by atoms with Gasteiger partial charge in [-0.1, -0.05) is 68.5 Å². The lowest BCUT2D eigenvalue weighted by atomic mass is 10.1. The first kappa shape index (κ1) is 20.8. The number of thioether (sulfide) groups is 1. The molecular formula is C24H24FN3S2. The average Bonchev–Trinajstić information content (AvgIpc) is 3.31. The van der Waals surface area contributed by atoms with Crippen LogP contribution in [0.1, 0.15) is 32.0 Å². The molecule has 0 fully saturated rings. The molecule has 3 nitrogen and oxygen atoms in total. The fourth-order valence-electron chi connectivity index (χ4n) is 3.27. The maximum atomic E-state index is 13.7. The standard InChI is InChI=1S/C24H24FN3S2/c1-5-17-9-11-18(12-10-17)22-23(29-15(2)3)30-24(26-22)28-14-21(16(4)27-28)19-7-6-8-20(25)13-19/h6-15H,5H2,1-4H3. The third-order valence-electron chi connectivity index (χ3n) is 4.79.